The third-order valence-corrected chi connectivity index (χ3v) is 2.27. The van der Waals surface area contributed by atoms with Gasteiger partial charge in [-0.25, -0.2) is 4.79 Å². The molecule has 0 aliphatic heterocycles. The lowest BCUT2D eigenvalue weighted by molar-refractivity contribution is 0.205. The average Bonchev–Trinajstić information content (AvgIpc) is 2.11. The molecule has 1 aromatic carbocycles. The maximum Gasteiger partial charge on any atom is 0.402 e. The lowest BCUT2D eigenvalue weighted by atomic mass is 10.1. The maximum absolute atomic E-state index is 8.78. The van der Waals surface area contributed by atoms with Crippen molar-refractivity contribution in [1.29, 1.82) is 0 Å². The van der Waals surface area contributed by atoms with Crippen LogP contribution in [0.5, 0.6) is 0 Å². The van der Waals surface area contributed by atoms with Crippen LogP contribution in [0, 0.1) is 0 Å². The molecule has 3 nitrogen and oxygen atoms in total. The van der Waals surface area contributed by atoms with E-state index in [9.17, 15) is 0 Å². The van der Waals surface area contributed by atoms with Gasteiger partial charge in [-0.05, 0) is 24.1 Å². The van der Waals surface area contributed by atoms with Gasteiger partial charge in [0.2, 0.25) is 0 Å². The summed E-state index contributed by atoms with van der Waals surface area (Å²) in [5.74, 6) is 0. The van der Waals surface area contributed by atoms with Crippen LogP contribution >= 0.6 is 23.2 Å². The Morgan fingerprint density at radius 1 is 1.40 bits per heavy atom. The van der Waals surface area contributed by atoms with Crippen molar-refractivity contribution in [3.05, 3.63) is 33.8 Å². The van der Waals surface area contributed by atoms with E-state index < -0.39 is 6.09 Å². The summed E-state index contributed by atoms with van der Waals surface area (Å²) in [6.07, 6.45) is 0.696. The summed E-state index contributed by atoms with van der Waals surface area (Å²) >= 11 is 11.8. The Bertz CT molecular complexity index is 305. The van der Waals surface area contributed by atoms with E-state index in [1.54, 1.807) is 0 Å². The molecule has 1 amide bonds. The molecule has 5 heteroatoms. The minimum atomic E-state index is -1.33. The summed E-state index contributed by atoms with van der Waals surface area (Å²) in [4.78, 5) is 8.78. The molecule has 15 heavy (non-hydrogen) atoms. The van der Waals surface area contributed by atoms with Gasteiger partial charge in [-0.3, -0.25) is 0 Å². The van der Waals surface area contributed by atoms with Gasteiger partial charge in [0.25, 0.3) is 0 Å². The Labute approximate surface area is 98.8 Å². The summed E-state index contributed by atoms with van der Waals surface area (Å²) in [7, 11) is 0. The van der Waals surface area contributed by atoms with Crippen LogP contribution in [0.1, 0.15) is 18.9 Å². The number of rotatable bonds is 2. The smallest absolute Gasteiger partial charge is 0.402 e. The molecule has 0 spiro atoms. The van der Waals surface area contributed by atoms with Crippen LogP contribution in [0.25, 0.3) is 0 Å². The topological polar surface area (TPSA) is 63.3 Å². The third-order valence-electron chi connectivity index (χ3n) is 1.56. The molecule has 84 valence electrons. The fourth-order valence-electron chi connectivity index (χ4n) is 1.02. The second kappa shape index (κ2) is 7.37. The fraction of sp³-hybridized carbons (Fsp3) is 0.300. The zero-order chi connectivity index (χ0) is 11.8. The van der Waals surface area contributed by atoms with Crippen LogP contribution in [-0.4, -0.2) is 11.2 Å². The molecule has 0 aliphatic carbocycles. The minimum absolute atomic E-state index is 0.777. The van der Waals surface area contributed by atoms with Crippen LogP contribution in [0.2, 0.25) is 10.0 Å². The van der Waals surface area contributed by atoms with Gasteiger partial charge in [0.15, 0.2) is 0 Å². The van der Waals surface area contributed by atoms with E-state index in [1.165, 1.54) is 0 Å². The summed E-state index contributed by atoms with van der Waals surface area (Å²) in [6, 6.07) is 5.61. The van der Waals surface area contributed by atoms with Gasteiger partial charge in [-0.1, -0.05) is 42.6 Å². The molecule has 0 aromatic heterocycles. The predicted octanol–water partition coefficient (Wildman–Crippen LogP) is 3.57. The maximum atomic E-state index is 8.78. The van der Waals surface area contributed by atoms with Gasteiger partial charge in [-0.15, -0.1) is 0 Å². The summed E-state index contributed by atoms with van der Waals surface area (Å²) < 4.78 is 0. The van der Waals surface area contributed by atoms with Crippen LogP contribution in [-0.2, 0) is 6.42 Å². The first kappa shape index (κ1) is 14.1. The number of hydrogen-bond donors (Lipinski definition) is 2. The van der Waals surface area contributed by atoms with E-state index in [0.29, 0.717) is 0 Å². The first-order chi connectivity index (χ1) is 6.99. The Morgan fingerprint density at radius 2 is 1.80 bits per heavy atom. The number of nitrogens with two attached hydrogens (primary N) is 1. The van der Waals surface area contributed by atoms with Crippen molar-refractivity contribution in [2.24, 2.45) is 5.73 Å². The van der Waals surface area contributed by atoms with Gasteiger partial charge in [0.05, 0.1) is 0 Å². The van der Waals surface area contributed by atoms with Crippen molar-refractivity contribution < 1.29 is 9.90 Å². The highest BCUT2D eigenvalue weighted by atomic mass is 35.5. The molecular weight excluding hydrogens is 237 g/mol. The number of amides is 1. The van der Waals surface area contributed by atoms with Crippen LogP contribution < -0.4 is 5.73 Å². The molecule has 0 aliphatic rings. The summed E-state index contributed by atoms with van der Waals surface area (Å²) in [5, 5.41) is 8.75. The zero-order valence-corrected chi connectivity index (χ0v) is 9.85. The molecule has 0 fully saturated rings. The lowest BCUT2D eigenvalue weighted by Gasteiger charge is -2.03. The Morgan fingerprint density at radius 3 is 2.13 bits per heavy atom. The highest BCUT2D eigenvalue weighted by Crippen LogP contribution is 2.25. The second-order valence-electron chi connectivity index (χ2n) is 2.79. The van der Waals surface area contributed by atoms with E-state index in [1.807, 2.05) is 18.2 Å². The number of benzene rings is 1. The lowest BCUT2D eigenvalue weighted by Crippen LogP contribution is -2.03. The monoisotopic (exact) mass is 249 g/mol. The summed E-state index contributed by atoms with van der Waals surface area (Å²) in [5.41, 5.74) is 5.10. The highest BCUT2D eigenvalue weighted by Gasteiger charge is 2.02. The van der Waals surface area contributed by atoms with Gasteiger partial charge in [-0.2, -0.15) is 0 Å². The SMILES string of the molecule is CCCc1c(Cl)cccc1Cl.NC(=O)O. The second-order valence-corrected chi connectivity index (χ2v) is 3.60. The molecule has 0 saturated heterocycles. The van der Waals surface area contributed by atoms with E-state index in [-0.39, 0.29) is 0 Å². The standard InChI is InChI=1S/C9H10Cl2.CH3NO2/c1-2-4-7-8(10)5-3-6-9(7)11;2-1(3)4/h3,5-6H,2,4H2,1H3;2H2,(H,3,4). The number of carbonyl (C=O) groups is 1. The molecule has 0 radical (unpaired) electrons. The van der Waals surface area contributed by atoms with Gasteiger partial charge >= 0.3 is 6.09 Å². The van der Waals surface area contributed by atoms with Crippen molar-refractivity contribution in [3.63, 3.8) is 0 Å². The molecule has 0 bridgehead atoms. The van der Waals surface area contributed by atoms with Crippen LogP contribution in [0.3, 0.4) is 0 Å². The molecule has 0 unspecified atom stereocenters. The number of primary amides is 1. The zero-order valence-electron chi connectivity index (χ0n) is 8.34. The quantitative estimate of drug-likeness (QED) is 0.842. The first-order valence-corrected chi connectivity index (χ1v) is 5.15. The average molecular weight is 250 g/mol. The first-order valence-electron chi connectivity index (χ1n) is 4.40. The van der Waals surface area contributed by atoms with E-state index in [0.717, 1.165) is 28.5 Å². The number of carboxylic acid groups (broad SMARTS) is 1. The number of halogens is 2. The van der Waals surface area contributed by atoms with Gasteiger partial charge in [0.1, 0.15) is 0 Å². The molecule has 1 aromatic rings. The predicted molar refractivity (Wildman–Crippen MR) is 62.7 cm³/mol. The molecule has 0 heterocycles. The molecular formula is C10H13Cl2NO2. The van der Waals surface area contributed by atoms with E-state index >= 15 is 0 Å². The van der Waals surface area contributed by atoms with Gasteiger partial charge in [0, 0.05) is 10.0 Å². The molecule has 0 saturated carbocycles. The summed E-state index contributed by atoms with van der Waals surface area (Å²) in [6.45, 7) is 2.11. The fourth-order valence-corrected chi connectivity index (χ4v) is 1.61. The van der Waals surface area contributed by atoms with E-state index in [2.05, 4.69) is 12.7 Å². The third kappa shape index (κ3) is 6.20. The van der Waals surface area contributed by atoms with Crippen molar-refractivity contribution >= 4 is 29.3 Å². The normalized spacial score (nSPS) is 9.00. The van der Waals surface area contributed by atoms with Crippen molar-refractivity contribution in [3.8, 4) is 0 Å². The number of hydrogen-bond acceptors (Lipinski definition) is 1. The van der Waals surface area contributed by atoms with Crippen molar-refractivity contribution in [2.45, 2.75) is 19.8 Å². The van der Waals surface area contributed by atoms with Gasteiger partial charge < -0.3 is 10.8 Å². The minimum Gasteiger partial charge on any atom is -0.465 e. The molecule has 0 atom stereocenters. The Balaban J connectivity index is 0.000000423. The molecule has 3 N–H and O–H groups in total. The van der Waals surface area contributed by atoms with E-state index in [4.69, 9.17) is 33.1 Å². The van der Waals surface area contributed by atoms with Crippen LogP contribution in [0.4, 0.5) is 4.79 Å². The van der Waals surface area contributed by atoms with Crippen molar-refractivity contribution in [1.82, 2.24) is 0 Å². The molecule has 1 rings (SSSR count). The Kier molecular flexibility index (Phi) is 6.92. The Hall–Kier alpha value is -0.930. The van der Waals surface area contributed by atoms with Crippen LogP contribution in [0.15, 0.2) is 18.2 Å². The largest absolute Gasteiger partial charge is 0.465 e. The highest BCUT2D eigenvalue weighted by molar-refractivity contribution is 6.35. The van der Waals surface area contributed by atoms with Crippen molar-refractivity contribution in [2.75, 3.05) is 0 Å².